The van der Waals surface area contributed by atoms with Gasteiger partial charge in [0.15, 0.2) is 0 Å². The molecule has 76 valence electrons. The van der Waals surface area contributed by atoms with E-state index in [4.69, 9.17) is 4.74 Å². The summed E-state index contributed by atoms with van der Waals surface area (Å²) in [6.45, 7) is 6.83. The molecule has 1 aromatic rings. The van der Waals surface area contributed by atoms with Crippen molar-refractivity contribution in [3.8, 4) is 5.75 Å². The molecule has 1 atom stereocenters. The highest BCUT2D eigenvalue weighted by molar-refractivity contribution is 6.15. The lowest BCUT2D eigenvalue weighted by Gasteiger charge is -2.46. The molecule has 0 spiro atoms. The first kappa shape index (κ1) is 9.78. The van der Waals surface area contributed by atoms with Gasteiger partial charge in [0.25, 0.3) is 0 Å². The molecule has 0 radical (unpaired) electrons. The first-order chi connectivity index (χ1) is 6.42. The van der Waals surface area contributed by atoms with Crippen LogP contribution in [-0.2, 0) is 6.42 Å². The Morgan fingerprint density at radius 3 is 2.57 bits per heavy atom. The van der Waals surface area contributed by atoms with E-state index in [1.807, 2.05) is 0 Å². The summed E-state index contributed by atoms with van der Waals surface area (Å²) in [5.74, 6) is 1.09. The highest BCUT2D eigenvalue weighted by Crippen LogP contribution is 2.42. The molecule has 2 heteroatoms. The fourth-order valence-corrected chi connectivity index (χ4v) is 2.25. The zero-order chi connectivity index (χ0) is 10.4. The van der Waals surface area contributed by atoms with Crippen molar-refractivity contribution in [3.05, 3.63) is 29.8 Å². The van der Waals surface area contributed by atoms with Crippen LogP contribution >= 0.6 is 0 Å². The van der Waals surface area contributed by atoms with Crippen LogP contribution in [0, 0.1) is 5.41 Å². The van der Waals surface area contributed by atoms with E-state index in [0.717, 1.165) is 22.4 Å². The zero-order valence-electron chi connectivity index (χ0n) is 9.42. The van der Waals surface area contributed by atoms with Crippen LogP contribution in [-0.4, -0.2) is 15.5 Å². The van der Waals surface area contributed by atoms with Crippen molar-refractivity contribution in [2.75, 3.05) is 0 Å². The van der Waals surface area contributed by atoms with Crippen LogP contribution in [0.5, 0.6) is 5.75 Å². The smallest absolute Gasteiger partial charge is 0.122 e. The minimum absolute atomic E-state index is 0.0569. The van der Waals surface area contributed by atoms with Gasteiger partial charge in [0, 0.05) is 5.41 Å². The largest absolute Gasteiger partial charge is 0.492 e. The Labute approximate surface area is 88.9 Å². The maximum atomic E-state index is 6.10. The number of ether oxygens (including phenoxy) is 1. The van der Waals surface area contributed by atoms with Gasteiger partial charge in [-0.15, -0.1) is 0 Å². The van der Waals surface area contributed by atoms with Crippen LogP contribution < -0.4 is 4.74 Å². The topological polar surface area (TPSA) is 9.23 Å². The SMILES string of the molecule is CC1(C)Cc2ccccc2OC1(C)[SiH3]. The van der Waals surface area contributed by atoms with Crippen LogP contribution in [0.15, 0.2) is 24.3 Å². The van der Waals surface area contributed by atoms with Crippen LogP contribution in [0.1, 0.15) is 26.3 Å². The molecule has 1 nitrogen and oxygen atoms in total. The Hall–Kier alpha value is -0.763. The predicted octanol–water partition coefficient (Wildman–Crippen LogP) is 1.73. The highest BCUT2D eigenvalue weighted by atomic mass is 28.1. The van der Waals surface area contributed by atoms with Crippen LogP contribution in [0.25, 0.3) is 0 Å². The molecule has 0 saturated heterocycles. The molecule has 2 rings (SSSR count). The van der Waals surface area contributed by atoms with Crippen molar-refractivity contribution < 1.29 is 4.74 Å². The third-order valence-electron chi connectivity index (χ3n) is 3.60. The molecule has 1 heterocycles. The molecule has 0 aromatic heterocycles. The summed E-state index contributed by atoms with van der Waals surface area (Å²) in [5.41, 5.74) is 1.61. The van der Waals surface area contributed by atoms with Gasteiger partial charge < -0.3 is 4.74 Å². The van der Waals surface area contributed by atoms with Crippen molar-refractivity contribution in [2.24, 2.45) is 5.41 Å². The molecule has 0 bridgehead atoms. The van der Waals surface area contributed by atoms with Gasteiger partial charge in [-0.05, 0) is 25.0 Å². The first-order valence-electron chi connectivity index (χ1n) is 5.19. The number of hydrogen-bond acceptors (Lipinski definition) is 1. The summed E-state index contributed by atoms with van der Waals surface area (Å²) >= 11 is 0. The lowest BCUT2D eigenvalue weighted by molar-refractivity contribution is 0.0288. The van der Waals surface area contributed by atoms with E-state index in [1.54, 1.807) is 0 Å². The van der Waals surface area contributed by atoms with E-state index in [1.165, 1.54) is 5.56 Å². The van der Waals surface area contributed by atoms with E-state index in [-0.39, 0.29) is 10.6 Å². The number of rotatable bonds is 0. The second-order valence-electron chi connectivity index (χ2n) is 5.28. The standard InChI is InChI=1S/C12H18OSi/c1-11(2)8-9-6-4-5-7-10(9)13-12(11,3)14/h4-7H,8H2,1-3,14H3. The average Bonchev–Trinajstić information content (AvgIpc) is 2.05. The second kappa shape index (κ2) is 2.86. The Kier molecular flexibility index (Phi) is 2.00. The molecule has 0 N–H and O–H groups in total. The molecule has 0 aliphatic carbocycles. The highest BCUT2D eigenvalue weighted by Gasteiger charge is 2.42. The lowest BCUT2D eigenvalue weighted by atomic mass is 9.78. The monoisotopic (exact) mass is 206 g/mol. The third-order valence-corrected chi connectivity index (χ3v) is 5.16. The van der Waals surface area contributed by atoms with Gasteiger partial charge in [-0.3, -0.25) is 0 Å². The van der Waals surface area contributed by atoms with Gasteiger partial charge in [-0.2, -0.15) is 0 Å². The quantitative estimate of drug-likeness (QED) is 0.587. The van der Waals surface area contributed by atoms with E-state index < -0.39 is 0 Å². The van der Waals surface area contributed by atoms with Gasteiger partial charge in [-0.25, -0.2) is 0 Å². The summed E-state index contributed by atoms with van der Waals surface area (Å²) in [7, 11) is 1.06. The Balaban J connectivity index is 2.46. The first-order valence-corrected chi connectivity index (χ1v) is 6.19. The summed E-state index contributed by atoms with van der Waals surface area (Å²) in [6.07, 6.45) is 1.13. The minimum atomic E-state index is 0.0569. The van der Waals surface area contributed by atoms with E-state index >= 15 is 0 Å². The Morgan fingerprint density at radius 1 is 1.21 bits per heavy atom. The Morgan fingerprint density at radius 2 is 1.86 bits per heavy atom. The van der Waals surface area contributed by atoms with Crippen LogP contribution in [0.3, 0.4) is 0 Å². The van der Waals surface area contributed by atoms with Crippen LogP contribution in [0.4, 0.5) is 0 Å². The van der Waals surface area contributed by atoms with E-state index in [9.17, 15) is 0 Å². The molecular weight excluding hydrogens is 188 g/mol. The summed E-state index contributed by atoms with van der Waals surface area (Å²) in [6, 6.07) is 8.40. The number of para-hydroxylation sites is 1. The van der Waals surface area contributed by atoms with Gasteiger partial charge in [0.2, 0.25) is 0 Å². The van der Waals surface area contributed by atoms with Crippen molar-refractivity contribution in [1.82, 2.24) is 0 Å². The van der Waals surface area contributed by atoms with Crippen molar-refractivity contribution in [1.29, 1.82) is 0 Å². The molecule has 14 heavy (non-hydrogen) atoms. The molecule has 0 fully saturated rings. The molecule has 1 unspecified atom stereocenters. The van der Waals surface area contributed by atoms with E-state index in [2.05, 4.69) is 45.0 Å². The zero-order valence-corrected chi connectivity index (χ0v) is 11.4. The van der Waals surface area contributed by atoms with Gasteiger partial charge >= 0.3 is 0 Å². The molecule has 0 amide bonds. The normalized spacial score (nSPS) is 29.4. The molecular formula is C12H18OSi. The number of hydrogen-bond donors (Lipinski definition) is 0. The number of benzene rings is 1. The molecule has 1 aliphatic rings. The summed E-state index contributed by atoms with van der Waals surface area (Å²) < 4.78 is 6.10. The Bertz CT molecular complexity index is 320. The third kappa shape index (κ3) is 1.38. The predicted molar refractivity (Wildman–Crippen MR) is 62.9 cm³/mol. The molecule has 1 aromatic carbocycles. The van der Waals surface area contributed by atoms with Gasteiger partial charge in [-0.1, -0.05) is 32.0 Å². The average molecular weight is 206 g/mol. The minimum Gasteiger partial charge on any atom is -0.492 e. The molecule has 1 aliphatic heterocycles. The fraction of sp³-hybridized carbons (Fsp3) is 0.500. The maximum Gasteiger partial charge on any atom is 0.122 e. The van der Waals surface area contributed by atoms with Crippen molar-refractivity contribution >= 4 is 10.2 Å². The van der Waals surface area contributed by atoms with Gasteiger partial charge in [0.1, 0.15) is 5.75 Å². The van der Waals surface area contributed by atoms with Crippen LogP contribution in [0.2, 0.25) is 0 Å². The second-order valence-corrected chi connectivity index (χ2v) is 7.19. The lowest BCUT2D eigenvalue weighted by Crippen LogP contribution is -2.51. The summed E-state index contributed by atoms with van der Waals surface area (Å²) in [5, 5.41) is 0.0569. The van der Waals surface area contributed by atoms with Crippen molar-refractivity contribution in [3.63, 3.8) is 0 Å². The van der Waals surface area contributed by atoms with Crippen molar-refractivity contribution in [2.45, 2.75) is 32.4 Å². The van der Waals surface area contributed by atoms with E-state index in [0.29, 0.717) is 0 Å². The molecule has 0 saturated carbocycles. The maximum absolute atomic E-state index is 6.10. The summed E-state index contributed by atoms with van der Waals surface area (Å²) in [4.78, 5) is 0. The fourth-order valence-electron chi connectivity index (χ4n) is 1.85. The van der Waals surface area contributed by atoms with Gasteiger partial charge in [0.05, 0.1) is 15.5 Å². The number of fused-ring (bicyclic) bond motifs is 1.